The van der Waals surface area contributed by atoms with Gasteiger partial charge in [-0.1, -0.05) is 5.16 Å². The summed E-state index contributed by atoms with van der Waals surface area (Å²) in [5.74, 6) is -3.92. The second-order valence-corrected chi connectivity index (χ2v) is 3.32. The van der Waals surface area contributed by atoms with E-state index in [1.165, 1.54) is 7.11 Å². The Kier molecular flexibility index (Phi) is 2.97. The van der Waals surface area contributed by atoms with E-state index in [-0.39, 0.29) is 11.4 Å². The Labute approximate surface area is 99.6 Å². The van der Waals surface area contributed by atoms with Crippen LogP contribution in [0.1, 0.15) is 10.6 Å². The highest BCUT2D eigenvalue weighted by Gasteiger charge is 2.21. The van der Waals surface area contributed by atoms with Crippen molar-refractivity contribution in [2.45, 2.75) is 0 Å². The van der Waals surface area contributed by atoms with Gasteiger partial charge in [0.05, 0.1) is 12.7 Å². The molecule has 18 heavy (non-hydrogen) atoms. The van der Waals surface area contributed by atoms with Gasteiger partial charge in [-0.05, 0) is 12.1 Å². The highest BCUT2D eigenvalue weighted by atomic mass is 19.1. The van der Waals surface area contributed by atoms with Gasteiger partial charge in [0.2, 0.25) is 5.76 Å². The zero-order valence-electron chi connectivity index (χ0n) is 9.11. The molecule has 1 aromatic carbocycles. The van der Waals surface area contributed by atoms with Gasteiger partial charge in [0.15, 0.2) is 11.6 Å². The molecule has 0 aliphatic rings. The lowest BCUT2D eigenvalue weighted by atomic mass is 10.1. The van der Waals surface area contributed by atoms with Crippen molar-refractivity contribution in [3.8, 4) is 17.0 Å². The van der Waals surface area contributed by atoms with Crippen molar-refractivity contribution in [3.63, 3.8) is 0 Å². The third-order valence-corrected chi connectivity index (χ3v) is 2.25. The Bertz CT molecular complexity index is 609. The number of halogens is 2. The van der Waals surface area contributed by atoms with Crippen molar-refractivity contribution in [2.24, 2.45) is 0 Å². The summed E-state index contributed by atoms with van der Waals surface area (Å²) in [4.78, 5) is 10.6. The molecule has 7 heteroatoms. The fourth-order valence-electron chi connectivity index (χ4n) is 1.42. The van der Waals surface area contributed by atoms with Crippen LogP contribution in [-0.2, 0) is 0 Å². The largest absolute Gasteiger partial charge is 0.494 e. The van der Waals surface area contributed by atoms with Crippen LogP contribution in [-0.4, -0.2) is 23.3 Å². The number of hydrogen-bond donors (Lipinski definition) is 1. The van der Waals surface area contributed by atoms with Crippen LogP contribution >= 0.6 is 0 Å². The van der Waals surface area contributed by atoms with Gasteiger partial charge < -0.3 is 14.4 Å². The van der Waals surface area contributed by atoms with E-state index in [1.807, 2.05) is 0 Å². The molecule has 0 fully saturated rings. The molecule has 0 spiro atoms. The molecule has 0 bridgehead atoms. The van der Waals surface area contributed by atoms with Gasteiger partial charge in [0.25, 0.3) is 0 Å². The number of ether oxygens (including phenoxy) is 1. The first kappa shape index (κ1) is 12.0. The molecule has 0 saturated carbocycles. The summed E-state index contributed by atoms with van der Waals surface area (Å²) in [6.45, 7) is 0. The number of nitrogens with zero attached hydrogens (tertiary/aromatic N) is 1. The molecule has 5 nitrogen and oxygen atoms in total. The van der Waals surface area contributed by atoms with E-state index >= 15 is 0 Å². The summed E-state index contributed by atoms with van der Waals surface area (Å²) in [7, 11) is 1.23. The average molecular weight is 255 g/mol. The minimum absolute atomic E-state index is 0.175. The molecule has 2 aromatic rings. The lowest BCUT2D eigenvalue weighted by Crippen LogP contribution is -1.95. The predicted molar refractivity (Wildman–Crippen MR) is 55.4 cm³/mol. The molecule has 0 saturated heterocycles. The van der Waals surface area contributed by atoms with Crippen molar-refractivity contribution in [1.82, 2.24) is 5.16 Å². The Morgan fingerprint density at radius 3 is 2.72 bits per heavy atom. The Hall–Kier alpha value is -2.44. The number of carboxylic acids is 1. The average Bonchev–Trinajstić information content (AvgIpc) is 2.79. The number of aromatic carboxylic acids is 1. The fourth-order valence-corrected chi connectivity index (χ4v) is 1.42. The van der Waals surface area contributed by atoms with E-state index in [2.05, 4.69) is 9.68 Å². The zero-order valence-corrected chi connectivity index (χ0v) is 9.11. The second kappa shape index (κ2) is 4.44. The first-order valence-corrected chi connectivity index (χ1v) is 4.77. The molecule has 0 radical (unpaired) electrons. The lowest BCUT2D eigenvalue weighted by molar-refractivity contribution is 0.0652. The molecule has 1 heterocycles. The lowest BCUT2D eigenvalue weighted by Gasteiger charge is -2.05. The molecule has 0 aliphatic heterocycles. The third-order valence-electron chi connectivity index (χ3n) is 2.25. The van der Waals surface area contributed by atoms with Gasteiger partial charge in [0.1, 0.15) is 11.5 Å². The summed E-state index contributed by atoms with van der Waals surface area (Å²) < 4.78 is 36.5. The van der Waals surface area contributed by atoms with Gasteiger partial charge in [-0.25, -0.2) is 13.6 Å². The first-order chi connectivity index (χ1) is 8.54. The number of rotatable bonds is 3. The Morgan fingerprint density at radius 2 is 2.17 bits per heavy atom. The molecular weight excluding hydrogens is 248 g/mol. The molecule has 0 atom stereocenters. The quantitative estimate of drug-likeness (QED) is 0.911. The summed E-state index contributed by atoms with van der Waals surface area (Å²) >= 11 is 0. The van der Waals surface area contributed by atoms with Gasteiger partial charge in [-0.3, -0.25) is 0 Å². The van der Waals surface area contributed by atoms with E-state index < -0.39 is 28.9 Å². The second-order valence-electron chi connectivity index (χ2n) is 3.32. The monoisotopic (exact) mass is 255 g/mol. The third kappa shape index (κ3) is 1.90. The van der Waals surface area contributed by atoms with Crippen molar-refractivity contribution >= 4 is 5.97 Å². The Morgan fingerprint density at radius 1 is 1.44 bits per heavy atom. The minimum Gasteiger partial charge on any atom is -0.494 e. The molecular formula is C11H7F2NO4. The molecule has 1 N–H and O–H groups in total. The van der Waals surface area contributed by atoms with Crippen LogP contribution in [0.25, 0.3) is 11.3 Å². The molecule has 0 amide bonds. The normalized spacial score (nSPS) is 10.4. The highest BCUT2D eigenvalue weighted by Crippen LogP contribution is 2.31. The number of carbonyl (C=O) groups is 1. The SMILES string of the molecule is COc1ccc(F)c(-c2cc(C(=O)O)on2)c1F. The summed E-state index contributed by atoms with van der Waals surface area (Å²) in [5, 5.41) is 12.0. The van der Waals surface area contributed by atoms with E-state index in [1.54, 1.807) is 0 Å². The molecule has 1 aromatic heterocycles. The number of methoxy groups -OCH3 is 1. The van der Waals surface area contributed by atoms with Crippen LogP contribution in [0.3, 0.4) is 0 Å². The minimum atomic E-state index is -1.38. The van der Waals surface area contributed by atoms with E-state index in [0.29, 0.717) is 0 Å². The van der Waals surface area contributed by atoms with E-state index in [9.17, 15) is 13.6 Å². The standard InChI is InChI=1S/C11H7F2NO4/c1-17-7-3-2-5(12)9(10(7)13)6-4-8(11(15)16)18-14-6/h2-4H,1H3,(H,15,16). The summed E-state index contributed by atoms with van der Waals surface area (Å²) in [5.41, 5.74) is -0.744. The highest BCUT2D eigenvalue weighted by molar-refractivity contribution is 5.85. The van der Waals surface area contributed by atoms with Crippen LogP contribution in [0.2, 0.25) is 0 Å². The number of hydrogen-bond acceptors (Lipinski definition) is 4. The van der Waals surface area contributed by atoms with Gasteiger partial charge >= 0.3 is 5.97 Å². The van der Waals surface area contributed by atoms with Crippen LogP contribution in [0.4, 0.5) is 8.78 Å². The molecule has 0 aliphatic carbocycles. The van der Waals surface area contributed by atoms with Crippen molar-refractivity contribution in [3.05, 3.63) is 35.6 Å². The molecule has 0 unspecified atom stereocenters. The van der Waals surface area contributed by atoms with Crippen LogP contribution in [0.5, 0.6) is 5.75 Å². The number of carboxylic acid groups (broad SMARTS) is 1. The molecule has 2 rings (SSSR count). The van der Waals surface area contributed by atoms with Crippen molar-refractivity contribution in [2.75, 3.05) is 7.11 Å². The number of aromatic nitrogens is 1. The van der Waals surface area contributed by atoms with E-state index in [4.69, 9.17) is 9.84 Å². The number of benzene rings is 1. The van der Waals surface area contributed by atoms with E-state index in [0.717, 1.165) is 18.2 Å². The first-order valence-electron chi connectivity index (χ1n) is 4.77. The zero-order chi connectivity index (χ0) is 13.3. The summed E-state index contributed by atoms with van der Waals surface area (Å²) in [6.07, 6.45) is 0. The van der Waals surface area contributed by atoms with Crippen molar-refractivity contribution < 1.29 is 27.9 Å². The smallest absolute Gasteiger partial charge is 0.374 e. The van der Waals surface area contributed by atoms with Crippen LogP contribution < -0.4 is 4.74 Å². The van der Waals surface area contributed by atoms with Crippen LogP contribution in [0, 0.1) is 11.6 Å². The molecule has 94 valence electrons. The van der Waals surface area contributed by atoms with Gasteiger partial charge in [-0.15, -0.1) is 0 Å². The van der Waals surface area contributed by atoms with Crippen molar-refractivity contribution in [1.29, 1.82) is 0 Å². The topological polar surface area (TPSA) is 72.6 Å². The maximum atomic E-state index is 13.8. The fraction of sp³-hybridized carbons (Fsp3) is 0.0909. The summed E-state index contributed by atoms with van der Waals surface area (Å²) in [6, 6.07) is 3.04. The maximum Gasteiger partial charge on any atom is 0.374 e. The maximum absolute atomic E-state index is 13.8. The van der Waals surface area contributed by atoms with Gasteiger partial charge in [0, 0.05) is 6.07 Å². The Balaban J connectivity index is 2.58. The predicted octanol–water partition coefficient (Wildman–Crippen LogP) is 2.33. The van der Waals surface area contributed by atoms with Gasteiger partial charge in [-0.2, -0.15) is 0 Å². The van der Waals surface area contributed by atoms with Crippen LogP contribution in [0.15, 0.2) is 22.7 Å².